The lowest BCUT2D eigenvalue weighted by Gasteiger charge is -2.18. The predicted molar refractivity (Wildman–Crippen MR) is 102 cm³/mol. The summed E-state index contributed by atoms with van der Waals surface area (Å²) < 4.78 is 55.9. The number of halogens is 3. The van der Waals surface area contributed by atoms with E-state index in [0.29, 0.717) is 13.2 Å². The topological polar surface area (TPSA) is 68.8 Å². The number of anilines is 1. The maximum absolute atomic E-state index is 12.8. The molecule has 0 spiro atoms. The molecule has 2 saturated heterocycles. The third-order valence-corrected chi connectivity index (χ3v) is 5.08. The highest BCUT2D eigenvalue weighted by Crippen LogP contribution is 2.31. The Bertz CT molecular complexity index is 878. The fourth-order valence-corrected chi connectivity index (χ4v) is 3.62. The standard InChI is InChI=1S/C21H21F3N2O4/c22-21(23,24)14-7-4-8-15(9-14)25-20(27)26-16-11-29-19-17(12-30-18(16)19)28-10-13-5-2-1-3-6-13/h1-9,16-19H,10-12H2,(H2,25,26,27). The number of hydrogen-bond donors (Lipinski definition) is 2. The monoisotopic (exact) mass is 422 g/mol. The Hall–Kier alpha value is -2.62. The van der Waals surface area contributed by atoms with Crippen molar-refractivity contribution in [3.63, 3.8) is 0 Å². The molecule has 2 aliphatic rings. The molecule has 4 rings (SSSR count). The van der Waals surface area contributed by atoms with Gasteiger partial charge < -0.3 is 24.8 Å². The van der Waals surface area contributed by atoms with Gasteiger partial charge in [0.25, 0.3) is 0 Å². The van der Waals surface area contributed by atoms with E-state index in [4.69, 9.17) is 14.2 Å². The Balaban J connectivity index is 1.30. The highest BCUT2D eigenvalue weighted by molar-refractivity contribution is 5.89. The number of ether oxygens (including phenoxy) is 3. The van der Waals surface area contributed by atoms with Gasteiger partial charge in [-0.2, -0.15) is 13.2 Å². The average molecular weight is 422 g/mol. The first kappa shape index (κ1) is 20.6. The average Bonchev–Trinajstić information content (AvgIpc) is 3.30. The van der Waals surface area contributed by atoms with Crippen molar-refractivity contribution in [1.82, 2.24) is 5.32 Å². The molecular weight excluding hydrogens is 401 g/mol. The molecule has 2 N–H and O–H groups in total. The molecule has 4 unspecified atom stereocenters. The number of alkyl halides is 3. The molecular formula is C21H21F3N2O4. The van der Waals surface area contributed by atoms with Gasteiger partial charge in [-0.1, -0.05) is 36.4 Å². The van der Waals surface area contributed by atoms with Gasteiger partial charge in [-0.3, -0.25) is 0 Å². The Morgan fingerprint density at radius 3 is 2.57 bits per heavy atom. The lowest BCUT2D eigenvalue weighted by molar-refractivity contribution is -0.137. The van der Waals surface area contributed by atoms with Crippen molar-refractivity contribution in [1.29, 1.82) is 0 Å². The van der Waals surface area contributed by atoms with Crippen molar-refractivity contribution in [3.05, 3.63) is 65.7 Å². The first-order chi connectivity index (χ1) is 14.4. The second-order valence-electron chi connectivity index (χ2n) is 7.21. The second-order valence-corrected chi connectivity index (χ2v) is 7.21. The first-order valence-corrected chi connectivity index (χ1v) is 9.53. The fraction of sp³-hybridized carbons (Fsp3) is 0.381. The molecule has 0 aromatic heterocycles. The minimum Gasteiger partial charge on any atom is -0.370 e. The lowest BCUT2D eigenvalue weighted by atomic mass is 10.1. The van der Waals surface area contributed by atoms with Gasteiger partial charge in [-0.05, 0) is 23.8 Å². The van der Waals surface area contributed by atoms with Gasteiger partial charge in [0.15, 0.2) is 0 Å². The number of carbonyl (C=O) groups is 1. The number of nitrogens with one attached hydrogen (secondary N) is 2. The SMILES string of the molecule is O=C(Nc1cccc(C(F)(F)F)c1)NC1COC2C(OCc3ccccc3)COC12. The molecule has 0 aliphatic carbocycles. The van der Waals surface area contributed by atoms with Crippen LogP contribution >= 0.6 is 0 Å². The zero-order valence-corrected chi connectivity index (χ0v) is 15.9. The second kappa shape index (κ2) is 8.63. The fourth-order valence-electron chi connectivity index (χ4n) is 3.62. The van der Waals surface area contributed by atoms with Crippen molar-refractivity contribution in [3.8, 4) is 0 Å². The van der Waals surface area contributed by atoms with Crippen LogP contribution in [0.25, 0.3) is 0 Å². The molecule has 2 fully saturated rings. The van der Waals surface area contributed by atoms with Gasteiger partial charge in [0.05, 0.1) is 31.4 Å². The van der Waals surface area contributed by atoms with Crippen molar-refractivity contribution in [2.45, 2.75) is 37.1 Å². The maximum atomic E-state index is 12.8. The molecule has 2 aliphatic heterocycles. The van der Waals surface area contributed by atoms with Gasteiger partial charge in [0, 0.05) is 5.69 Å². The van der Waals surface area contributed by atoms with Crippen LogP contribution in [-0.4, -0.2) is 43.6 Å². The molecule has 2 aromatic rings. The summed E-state index contributed by atoms with van der Waals surface area (Å²) >= 11 is 0. The lowest BCUT2D eigenvalue weighted by Crippen LogP contribution is -2.46. The van der Waals surface area contributed by atoms with E-state index in [1.807, 2.05) is 30.3 Å². The normalized spacial score (nSPS) is 25.7. The van der Waals surface area contributed by atoms with Gasteiger partial charge in [-0.25, -0.2) is 4.79 Å². The van der Waals surface area contributed by atoms with Crippen LogP contribution in [0.3, 0.4) is 0 Å². The maximum Gasteiger partial charge on any atom is 0.416 e. The summed E-state index contributed by atoms with van der Waals surface area (Å²) in [5, 5.41) is 5.14. The van der Waals surface area contributed by atoms with Crippen LogP contribution in [0.5, 0.6) is 0 Å². The third kappa shape index (κ3) is 4.75. The van der Waals surface area contributed by atoms with Crippen LogP contribution in [0.4, 0.5) is 23.7 Å². The quantitative estimate of drug-likeness (QED) is 0.773. The Morgan fingerprint density at radius 2 is 1.80 bits per heavy atom. The third-order valence-electron chi connectivity index (χ3n) is 5.08. The van der Waals surface area contributed by atoms with Crippen molar-refractivity contribution in [2.24, 2.45) is 0 Å². The predicted octanol–water partition coefficient (Wildman–Crippen LogP) is 3.58. The summed E-state index contributed by atoms with van der Waals surface area (Å²) in [6, 6.07) is 13.1. The minimum absolute atomic E-state index is 0.0502. The smallest absolute Gasteiger partial charge is 0.370 e. The van der Waals surface area contributed by atoms with E-state index in [-0.39, 0.29) is 30.6 Å². The number of amides is 2. The van der Waals surface area contributed by atoms with E-state index in [1.165, 1.54) is 12.1 Å². The molecule has 2 aromatic carbocycles. The molecule has 0 saturated carbocycles. The van der Waals surface area contributed by atoms with Crippen molar-refractivity contribution >= 4 is 11.7 Å². The molecule has 4 atom stereocenters. The highest BCUT2D eigenvalue weighted by Gasteiger charge is 2.48. The zero-order chi connectivity index (χ0) is 21.1. The summed E-state index contributed by atoms with van der Waals surface area (Å²) in [6.45, 7) is 1.00. The van der Waals surface area contributed by atoms with Gasteiger partial charge in [-0.15, -0.1) is 0 Å². The molecule has 0 bridgehead atoms. The number of benzene rings is 2. The molecule has 6 nitrogen and oxygen atoms in total. The van der Waals surface area contributed by atoms with E-state index in [1.54, 1.807) is 0 Å². The molecule has 2 heterocycles. The van der Waals surface area contributed by atoms with Crippen LogP contribution in [0.2, 0.25) is 0 Å². The van der Waals surface area contributed by atoms with Crippen LogP contribution < -0.4 is 10.6 Å². The zero-order valence-electron chi connectivity index (χ0n) is 15.9. The van der Waals surface area contributed by atoms with E-state index in [9.17, 15) is 18.0 Å². The molecule has 30 heavy (non-hydrogen) atoms. The summed E-state index contributed by atoms with van der Waals surface area (Å²) in [7, 11) is 0. The van der Waals surface area contributed by atoms with E-state index in [0.717, 1.165) is 17.7 Å². The van der Waals surface area contributed by atoms with E-state index in [2.05, 4.69) is 10.6 Å². The van der Waals surface area contributed by atoms with Gasteiger partial charge >= 0.3 is 12.2 Å². The van der Waals surface area contributed by atoms with Crippen LogP contribution in [0.1, 0.15) is 11.1 Å². The van der Waals surface area contributed by atoms with Gasteiger partial charge in [0.2, 0.25) is 0 Å². The number of carbonyl (C=O) groups excluding carboxylic acids is 1. The molecule has 160 valence electrons. The molecule has 9 heteroatoms. The molecule has 0 radical (unpaired) electrons. The Labute approximate surface area is 171 Å². The number of urea groups is 1. The summed E-state index contributed by atoms with van der Waals surface area (Å²) in [6.07, 6.45) is -5.42. The van der Waals surface area contributed by atoms with Crippen molar-refractivity contribution < 1.29 is 32.2 Å². The summed E-state index contributed by atoms with van der Waals surface area (Å²) in [5.41, 5.74) is 0.255. The first-order valence-electron chi connectivity index (χ1n) is 9.53. The Kier molecular flexibility index (Phi) is 5.94. The van der Waals surface area contributed by atoms with Crippen molar-refractivity contribution in [2.75, 3.05) is 18.5 Å². The number of rotatable bonds is 5. The van der Waals surface area contributed by atoms with Gasteiger partial charge in [0.1, 0.15) is 18.3 Å². The summed E-state index contributed by atoms with van der Waals surface area (Å²) in [5.74, 6) is 0. The minimum atomic E-state index is -4.48. The van der Waals surface area contributed by atoms with E-state index >= 15 is 0 Å². The number of fused-ring (bicyclic) bond motifs is 1. The molecule has 2 amide bonds. The van der Waals surface area contributed by atoms with Crippen LogP contribution in [0.15, 0.2) is 54.6 Å². The van der Waals surface area contributed by atoms with Crippen LogP contribution in [0, 0.1) is 0 Å². The summed E-state index contributed by atoms with van der Waals surface area (Å²) in [4.78, 5) is 12.3. The Morgan fingerprint density at radius 1 is 1.03 bits per heavy atom. The number of hydrogen-bond acceptors (Lipinski definition) is 4. The van der Waals surface area contributed by atoms with E-state index < -0.39 is 23.8 Å². The highest BCUT2D eigenvalue weighted by atomic mass is 19.4. The van der Waals surface area contributed by atoms with Crippen LogP contribution in [-0.2, 0) is 27.0 Å². The largest absolute Gasteiger partial charge is 0.416 e.